The number of nitrogens with zero attached hydrogens (tertiary/aromatic N) is 1. The summed E-state index contributed by atoms with van der Waals surface area (Å²) in [6.07, 6.45) is 1.34. The number of carbonyl (C=O) groups is 1. The maximum Gasteiger partial charge on any atom is 0.410 e. The number of hydrogen-bond donors (Lipinski definition) is 0. The van der Waals surface area contributed by atoms with Crippen molar-refractivity contribution in [1.82, 2.24) is 4.90 Å². The Hall–Kier alpha value is -1.85. The number of benzene rings is 1. The number of likely N-dealkylation sites (tertiary alicyclic amines) is 1. The normalized spacial score (nSPS) is 20.8. The first-order chi connectivity index (χ1) is 13.3. The minimum Gasteiger partial charge on any atom is -0.499 e. The highest BCUT2D eigenvalue weighted by Gasteiger charge is 2.45. The predicted molar refractivity (Wildman–Crippen MR) is 124 cm³/mol. The maximum atomic E-state index is 12.2. The first kappa shape index (κ1) is 21.8. The molecule has 10 heteroatoms. The molecule has 0 unspecified atom stereocenters. The zero-order valence-corrected chi connectivity index (χ0v) is 19.0. The number of hydrogen-bond acceptors (Lipinski definition) is 5. The number of carbonyl (C=O) groups excluding carboxylic acids is 1. The molecule has 0 spiro atoms. The molecule has 154 valence electrons. The van der Waals surface area contributed by atoms with Gasteiger partial charge in [0.2, 0.25) is 0 Å². The molecule has 3 rings (SSSR count). The van der Waals surface area contributed by atoms with E-state index in [1.807, 2.05) is 71.2 Å². The molecule has 6 nitrogen and oxygen atoms in total. The summed E-state index contributed by atoms with van der Waals surface area (Å²) in [4.78, 5) is 14.0. The van der Waals surface area contributed by atoms with Crippen molar-refractivity contribution in [3.63, 3.8) is 0 Å². The molecule has 0 bridgehead atoms. The first-order valence-electron chi connectivity index (χ1n) is 10.5. The Labute approximate surface area is 177 Å². The van der Waals surface area contributed by atoms with Crippen molar-refractivity contribution in [1.29, 1.82) is 0 Å². The van der Waals surface area contributed by atoms with Gasteiger partial charge in [-0.25, -0.2) is 4.79 Å². The highest BCUT2D eigenvalue weighted by molar-refractivity contribution is 6.53. The second-order valence-electron chi connectivity index (χ2n) is 10.0. The van der Waals surface area contributed by atoms with E-state index in [2.05, 4.69) is 0 Å². The Kier molecular flexibility index (Phi) is 5.61. The van der Waals surface area contributed by atoms with E-state index in [0.717, 1.165) is 35.7 Å². The minimum absolute atomic E-state index is 0.0550. The molecule has 2 aliphatic rings. The summed E-state index contributed by atoms with van der Waals surface area (Å²) in [7, 11) is 8.15. The number of piperidine rings is 1. The van der Waals surface area contributed by atoms with E-state index in [1.165, 1.54) is 0 Å². The zero-order chi connectivity index (χ0) is 21.6. The molecular weight excluding hydrogens is 365 g/mol. The molecule has 1 fully saturated rings. The lowest BCUT2D eigenvalue weighted by Gasteiger charge is -2.48. The fraction of sp³-hybridized carbons (Fsp3) is 0.632. The zero-order valence-electron chi connectivity index (χ0n) is 19.0. The van der Waals surface area contributed by atoms with Gasteiger partial charge in [0.05, 0.1) is 10.8 Å². The van der Waals surface area contributed by atoms with Crippen molar-refractivity contribution in [3.05, 3.63) is 17.7 Å². The summed E-state index contributed by atoms with van der Waals surface area (Å²) < 4.78 is 24.3. The Morgan fingerprint density at radius 3 is 2.28 bits per heavy atom. The van der Waals surface area contributed by atoms with E-state index < -0.39 is 16.4 Å². The second-order valence-corrected chi connectivity index (χ2v) is 10.0. The summed E-state index contributed by atoms with van der Waals surface area (Å²) in [5.41, 5.74) is 0.468. The van der Waals surface area contributed by atoms with E-state index in [9.17, 15) is 4.79 Å². The molecule has 0 aliphatic carbocycles. The van der Waals surface area contributed by atoms with Crippen molar-refractivity contribution in [2.45, 2.75) is 63.0 Å². The third-order valence-electron chi connectivity index (χ3n) is 5.88. The lowest BCUT2D eigenvalue weighted by Crippen LogP contribution is -2.65. The molecule has 2 aliphatic heterocycles. The number of fused-ring (bicyclic) bond motifs is 1. The van der Waals surface area contributed by atoms with E-state index in [0.29, 0.717) is 13.1 Å². The van der Waals surface area contributed by atoms with Crippen molar-refractivity contribution >= 4 is 37.5 Å². The van der Waals surface area contributed by atoms with Crippen LogP contribution in [0.25, 0.3) is 0 Å². The molecule has 1 aromatic rings. The fourth-order valence-corrected chi connectivity index (χ4v) is 3.42. The first-order valence-corrected chi connectivity index (χ1v) is 10.5. The van der Waals surface area contributed by atoms with Gasteiger partial charge in [-0.1, -0.05) is 0 Å². The van der Waals surface area contributed by atoms with E-state index in [-0.39, 0.29) is 12.2 Å². The highest BCUT2D eigenvalue weighted by atomic mass is 16.6. The van der Waals surface area contributed by atoms with Gasteiger partial charge in [0, 0.05) is 31.5 Å². The largest absolute Gasteiger partial charge is 0.499 e. The van der Waals surface area contributed by atoms with Crippen LogP contribution in [0, 0.1) is 6.92 Å². The molecule has 1 amide bonds. The molecule has 0 aromatic heterocycles. The van der Waals surface area contributed by atoms with E-state index >= 15 is 0 Å². The van der Waals surface area contributed by atoms with Crippen LogP contribution in [-0.4, -0.2) is 78.0 Å². The molecule has 29 heavy (non-hydrogen) atoms. The smallest absolute Gasteiger partial charge is 0.410 e. The van der Waals surface area contributed by atoms with Crippen molar-refractivity contribution in [2.75, 3.05) is 13.1 Å². The number of ether oxygens (including phenoxy) is 4. The molecule has 0 saturated carbocycles. The lowest BCUT2D eigenvalue weighted by atomic mass is 9.41. The van der Waals surface area contributed by atoms with Gasteiger partial charge in [0.25, 0.3) is 0 Å². The van der Waals surface area contributed by atoms with E-state index in [1.54, 1.807) is 4.90 Å². The van der Waals surface area contributed by atoms with Gasteiger partial charge in [-0.3, -0.25) is 0 Å². The predicted octanol–water partition coefficient (Wildman–Crippen LogP) is -0.615. The van der Waals surface area contributed by atoms with Crippen LogP contribution in [-0.2, 0) is 4.74 Å². The van der Waals surface area contributed by atoms with Crippen molar-refractivity contribution in [2.24, 2.45) is 0 Å². The van der Waals surface area contributed by atoms with Crippen LogP contribution in [0.5, 0.6) is 17.2 Å². The van der Waals surface area contributed by atoms with Gasteiger partial charge in [-0.15, -0.1) is 0 Å². The Balaban J connectivity index is 1.65. The summed E-state index contributed by atoms with van der Waals surface area (Å²) in [5, 5.41) is -0.883. The topological polar surface area (TPSA) is 57.2 Å². The van der Waals surface area contributed by atoms with Gasteiger partial charge < -0.3 is 23.8 Å². The number of rotatable bonds is 2. The van der Waals surface area contributed by atoms with Gasteiger partial charge >= 0.3 is 6.09 Å². The van der Waals surface area contributed by atoms with Crippen LogP contribution in [0.15, 0.2) is 12.1 Å². The fourth-order valence-electron chi connectivity index (χ4n) is 3.42. The summed E-state index contributed by atoms with van der Waals surface area (Å²) >= 11 is 0. The van der Waals surface area contributed by atoms with Crippen LogP contribution < -0.4 is 14.2 Å². The van der Waals surface area contributed by atoms with Crippen LogP contribution in [0.1, 0.15) is 39.2 Å². The second kappa shape index (κ2) is 7.44. The van der Waals surface area contributed by atoms with Crippen LogP contribution >= 0.6 is 0 Å². The molecular formula is C19H31B4NO5. The Morgan fingerprint density at radius 1 is 1.10 bits per heavy atom. The van der Waals surface area contributed by atoms with Gasteiger partial charge in [0.15, 0.2) is 11.5 Å². The summed E-state index contributed by atoms with van der Waals surface area (Å²) in [5.74, 6) is 2.30. The Morgan fingerprint density at radius 2 is 1.69 bits per heavy atom. The van der Waals surface area contributed by atoms with Crippen LogP contribution in [0.4, 0.5) is 4.79 Å². The molecule has 0 atom stereocenters. The average Bonchev–Trinajstić information content (AvgIpc) is 2.58. The molecule has 1 aromatic carbocycles. The molecule has 0 N–H and O–H groups in total. The standard InChI is InChI=1S/C19H31B4NO5/c1-11-13(5-6-14-15(11)28-19(22,23)18(20,21)27-14)26-12-7-9-24(10-8-12)16(25)29-17(2,3)4/h5-6,12H,7-10,20-23H2,1-4H3. The SMILES string of the molecule is BC1(B)Oc2ccc(OC3CCN(C(=O)OC(C)(C)C)CC3)c(C)c2OC1(B)B. The summed E-state index contributed by atoms with van der Waals surface area (Å²) in [6, 6.07) is 3.87. The highest BCUT2D eigenvalue weighted by Crippen LogP contribution is 2.44. The maximum absolute atomic E-state index is 12.2. The minimum atomic E-state index is -0.477. The molecule has 0 radical (unpaired) electrons. The summed E-state index contributed by atoms with van der Waals surface area (Å²) in [6.45, 7) is 8.91. The Bertz CT molecular complexity index is 786. The van der Waals surface area contributed by atoms with Gasteiger partial charge in [-0.2, -0.15) is 0 Å². The third kappa shape index (κ3) is 4.67. The quantitative estimate of drug-likeness (QED) is 0.624. The van der Waals surface area contributed by atoms with Gasteiger partial charge in [0.1, 0.15) is 48.8 Å². The van der Waals surface area contributed by atoms with Gasteiger partial charge in [-0.05, 0) is 39.8 Å². The number of amides is 1. The average molecular weight is 397 g/mol. The van der Waals surface area contributed by atoms with Crippen molar-refractivity contribution < 1.29 is 23.7 Å². The molecule has 2 heterocycles. The van der Waals surface area contributed by atoms with Crippen molar-refractivity contribution in [3.8, 4) is 17.2 Å². The van der Waals surface area contributed by atoms with E-state index in [4.69, 9.17) is 18.9 Å². The lowest BCUT2D eigenvalue weighted by molar-refractivity contribution is 0.0124. The third-order valence-corrected chi connectivity index (χ3v) is 5.88. The van der Waals surface area contributed by atoms with Crippen LogP contribution in [0.2, 0.25) is 0 Å². The monoisotopic (exact) mass is 397 g/mol. The molecule has 1 saturated heterocycles. The van der Waals surface area contributed by atoms with Crippen LogP contribution in [0.3, 0.4) is 0 Å².